The van der Waals surface area contributed by atoms with E-state index >= 15 is 0 Å². The van der Waals surface area contributed by atoms with Gasteiger partial charge in [0.2, 0.25) is 0 Å². The summed E-state index contributed by atoms with van der Waals surface area (Å²) in [6, 6.07) is 9.91. The Kier molecular flexibility index (Phi) is 10.2. The van der Waals surface area contributed by atoms with Gasteiger partial charge in [-0.05, 0) is 123 Å². The highest BCUT2D eigenvalue weighted by Gasteiger charge is 2.54. The second-order valence-corrected chi connectivity index (χ2v) is 14.9. The first-order valence-electron chi connectivity index (χ1n) is 17.9. The first-order valence-corrected chi connectivity index (χ1v) is 17.9. The van der Waals surface area contributed by atoms with Crippen LogP contribution in [0.4, 0.5) is 0 Å². The summed E-state index contributed by atoms with van der Waals surface area (Å²) in [7, 11) is 0. The molecule has 0 bridgehead atoms. The molecule has 266 valence electrons. The van der Waals surface area contributed by atoms with E-state index in [4.69, 9.17) is 32.8 Å². The van der Waals surface area contributed by atoms with Gasteiger partial charge in [-0.1, -0.05) is 42.9 Å². The predicted octanol–water partition coefficient (Wildman–Crippen LogP) is 11.0. The van der Waals surface area contributed by atoms with Crippen LogP contribution in [0.3, 0.4) is 0 Å². The third kappa shape index (κ3) is 8.12. The molecular weight excluding hydrogens is 628 g/mol. The highest BCUT2D eigenvalue weighted by Crippen LogP contribution is 2.45. The van der Waals surface area contributed by atoms with E-state index in [9.17, 15) is 0 Å². The number of fused-ring (bicyclic) bond motifs is 3. The number of ether oxygens (including phenoxy) is 6. The van der Waals surface area contributed by atoms with Gasteiger partial charge in [0.25, 0.3) is 0 Å². The number of hydrogen-bond donors (Lipinski definition) is 0. The molecule has 0 aliphatic carbocycles. The van der Waals surface area contributed by atoms with Crippen molar-refractivity contribution >= 4 is 23.1 Å². The van der Waals surface area contributed by atoms with Crippen LogP contribution in [0, 0.1) is 6.92 Å². The van der Waals surface area contributed by atoms with Crippen molar-refractivity contribution in [3.05, 3.63) is 101 Å². The van der Waals surface area contributed by atoms with Crippen molar-refractivity contribution in [2.75, 3.05) is 6.61 Å². The molecule has 7 rings (SSSR count). The van der Waals surface area contributed by atoms with Crippen molar-refractivity contribution in [1.82, 2.24) is 0 Å². The van der Waals surface area contributed by atoms with Crippen molar-refractivity contribution in [2.45, 2.75) is 117 Å². The molecule has 2 saturated heterocycles. The Labute approximate surface area is 297 Å². The fourth-order valence-corrected chi connectivity index (χ4v) is 6.67. The number of benzene rings is 2. The summed E-state index contributed by atoms with van der Waals surface area (Å²) >= 11 is 0. The number of aryl methyl sites for hydroxylation is 1. The largest absolute Gasteiger partial charge is 0.488 e. The van der Waals surface area contributed by atoms with Crippen LogP contribution in [0.25, 0.3) is 23.1 Å². The molecule has 2 unspecified atom stereocenters. The third-order valence-electron chi connectivity index (χ3n) is 9.74. The fourth-order valence-electron chi connectivity index (χ4n) is 6.67. The number of epoxide rings is 1. The molecule has 7 heteroatoms. The lowest BCUT2D eigenvalue weighted by atomic mass is 9.96. The first kappa shape index (κ1) is 35.8. The molecular formula is C43H52O7. The molecule has 3 atom stereocenters. The van der Waals surface area contributed by atoms with Crippen LogP contribution in [-0.4, -0.2) is 36.0 Å². The molecule has 50 heavy (non-hydrogen) atoms. The van der Waals surface area contributed by atoms with Crippen LogP contribution in [0.5, 0.6) is 17.2 Å². The molecule has 4 aliphatic rings. The maximum atomic E-state index is 6.41. The number of hydrogen-bond acceptors (Lipinski definition) is 7. The van der Waals surface area contributed by atoms with Gasteiger partial charge >= 0.3 is 5.97 Å². The molecule has 1 spiro atoms. The minimum atomic E-state index is -1.20. The predicted molar refractivity (Wildman–Crippen MR) is 199 cm³/mol. The number of rotatable bonds is 10. The van der Waals surface area contributed by atoms with Crippen LogP contribution in [0.2, 0.25) is 0 Å². The van der Waals surface area contributed by atoms with Crippen LogP contribution in [0.15, 0.2) is 88.8 Å². The second-order valence-electron chi connectivity index (χ2n) is 14.9. The molecule has 1 aromatic heterocycles. The number of furan rings is 1. The zero-order chi connectivity index (χ0) is 35.7. The maximum absolute atomic E-state index is 6.41. The van der Waals surface area contributed by atoms with Crippen LogP contribution >= 0.6 is 0 Å². The van der Waals surface area contributed by atoms with Gasteiger partial charge in [-0.25, -0.2) is 0 Å². The first-order chi connectivity index (χ1) is 23.8. The molecule has 7 nitrogen and oxygen atoms in total. The molecule has 4 aliphatic heterocycles. The molecule has 0 N–H and O–H groups in total. The van der Waals surface area contributed by atoms with Crippen molar-refractivity contribution in [3.63, 3.8) is 0 Å². The Hall–Kier alpha value is -4.04. The summed E-state index contributed by atoms with van der Waals surface area (Å²) in [5, 5.41) is 0.913. The summed E-state index contributed by atoms with van der Waals surface area (Å²) in [6.07, 6.45) is 19.3. The van der Waals surface area contributed by atoms with Gasteiger partial charge in [-0.15, -0.1) is 0 Å². The van der Waals surface area contributed by atoms with E-state index in [1.807, 2.05) is 55.5 Å². The fraction of sp³-hybridized carbons (Fsp3) is 0.442. The van der Waals surface area contributed by atoms with E-state index in [2.05, 4.69) is 73.3 Å². The lowest BCUT2D eigenvalue weighted by Gasteiger charge is -2.30. The van der Waals surface area contributed by atoms with Crippen molar-refractivity contribution in [2.24, 2.45) is 0 Å². The van der Waals surface area contributed by atoms with Gasteiger partial charge in [-0.2, -0.15) is 0 Å². The molecule has 0 saturated carbocycles. The summed E-state index contributed by atoms with van der Waals surface area (Å²) in [5.41, 5.74) is 6.13. The molecule has 2 fully saturated rings. The zero-order valence-corrected chi connectivity index (χ0v) is 30.9. The molecule has 0 amide bonds. The molecule has 2 aromatic carbocycles. The minimum absolute atomic E-state index is 0.134. The average molecular weight is 681 g/mol. The van der Waals surface area contributed by atoms with Gasteiger partial charge in [0.15, 0.2) is 0 Å². The standard InChI is InChI=1S/C32H32O6.C11H20O/c1-20(13-16-34-30-24-10-8-22(3)35-28(24)19-27-25(30)14-17-33-27)7-11-29-31(4,5)38-32(37-29)15-12-23-9-6-21(2)18-26(23)36-32;1-5-6-9(2)7-8-10-11(3,4)12-10/h6,8-10,12-15,17-19,29H,3,7,11,16H2,1-2,4-5H3;6,10H,5,7-8H2,1-4H3/b20-13+;9-6+/t29?,32-;/m0./s1. The normalized spacial score (nSPS) is 24.3. The van der Waals surface area contributed by atoms with Crippen molar-refractivity contribution in [1.29, 1.82) is 0 Å². The van der Waals surface area contributed by atoms with Crippen LogP contribution in [0.1, 0.15) is 97.3 Å². The average Bonchev–Trinajstić information content (AvgIpc) is 3.32. The zero-order valence-electron chi connectivity index (χ0n) is 30.9. The van der Waals surface area contributed by atoms with E-state index in [1.54, 1.807) is 6.26 Å². The Morgan fingerprint density at radius 2 is 1.60 bits per heavy atom. The quantitative estimate of drug-likeness (QED) is 0.156. The van der Waals surface area contributed by atoms with Crippen LogP contribution < -0.4 is 14.2 Å². The summed E-state index contributed by atoms with van der Waals surface area (Å²) in [5.74, 6) is 1.59. The minimum Gasteiger partial charge on any atom is -0.488 e. The Morgan fingerprint density at radius 3 is 2.32 bits per heavy atom. The van der Waals surface area contributed by atoms with E-state index < -0.39 is 11.6 Å². The van der Waals surface area contributed by atoms with E-state index in [0.717, 1.165) is 52.8 Å². The van der Waals surface area contributed by atoms with Crippen molar-refractivity contribution < 1.29 is 32.8 Å². The van der Waals surface area contributed by atoms with Gasteiger partial charge in [-0.3, -0.25) is 0 Å². The summed E-state index contributed by atoms with van der Waals surface area (Å²) in [6.45, 7) is 21.3. The SMILES string of the molecule is C=C1C=Cc2c(cc3occc3c2OC/C=C(\C)CCC2O[C@@]3(C=Cc4ccc(C)cc4O3)OC2(C)C)O1.CC/C=C(\C)CCC1OC1(C)C. The van der Waals surface area contributed by atoms with Gasteiger partial charge in [0.05, 0.1) is 40.6 Å². The summed E-state index contributed by atoms with van der Waals surface area (Å²) in [4.78, 5) is 0. The molecule has 5 heterocycles. The van der Waals surface area contributed by atoms with Gasteiger partial charge in [0.1, 0.15) is 35.2 Å². The van der Waals surface area contributed by atoms with Crippen LogP contribution in [-0.2, 0) is 14.2 Å². The van der Waals surface area contributed by atoms with Crippen molar-refractivity contribution in [3.8, 4) is 17.2 Å². The van der Waals surface area contributed by atoms with Gasteiger partial charge in [0, 0.05) is 17.7 Å². The third-order valence-corrected chi connectivity index (χ3v) is 9.74. The second kappa shape index (κ2) is 14.3. The molecule has 0 radical (unpaired) electrons. The lowest BCUT2D eigenvalue weighted by Crippen LogP contribution is -2.38. The van der Waals surface area contributed by atoms with Gasteiger partial charge < -0.3 is 32.8 Å². The Bertz CT molecular complexity index is 1850. The van der Waals surface area contributed by atoms with E-state index in [0.29, 0.717) is 29.8 Å². The summed E-state index contributed by atoms with van der Waals surface area (Å²) < 4.78 is 42.1. The highest BCUT2D eigenvalue weighted by atomic mass is 16.9. The topological polar surface area (TPSA) is 71.8 Å². The highest BCUT2D eigenvalue weighted by molar-refractivity contribution is 5.91. The maximum Gasteiger partial charge on any atom is 0.350 e. The monoisotopic (exact) mass is 680 g/mol. The number of allylic oxidation sites excluding steroid dienone is 4. The Morgan fingerprint density at radius 1 is 0.880 bits per heavy atom. The van der Waals surface area contributed by atoms with E-state index in [1.165, 1.54) is 24.0 Å². The lowest BCUT2D eigenvalue weighted by molar-refractivity contribution is -0.270. The molecule has 3 aromatic rings. The Balaban J connectivity index is 0.000000306. The van der Waals surface area contributed by atoms with E-state index in [-0.39, 0.29) is 11.7 Å². The smallest absolute Gasteiger partial charge is 0.350 e.